The molecule has 0 aliphatic carbocycles. The quantitative estimate of drug-likeness (QED) is 0.503. The van der Waals surface area contributed by atoms with Gasteiger partial charge >= 0.3 is 0 Å². The summed E-state index contributed by atoms with van der Waals surface area (Å²) in [5, 5.41) is 13.1. The molecule has 8 nitrogen and oxygen atoms in total. The van der Waals surface area contributed by atoms with E-state index in [-0.39, 0.29) is 0 Å². The Morgan fingerprint density at radius 3 is 2.85 bits per heavy atom. The number of rotatable bonds is 7. The van der Waals surface area contributed by atoms with E-state index in [2.05, 4.69) is 31.2 Å². The Bertz CT molecular complexity index is 835. The third-order valence-electron chi connectivity index (χ3n) is 4.40. The van der Waals surface area contributed by atoms with Crippen LogP contribution in [0.4, 0.5) is 17.5 Å². The van der Waals surface area contributed by atoms with Gasteiger partial charge in [-0.15, -0.1) is 0 Å². The summed E-state index contributed by atoms with van der Waals surface area (Å²) in [4.78, 5) is 8.87. The number of methoxy groups -OCH3 is 1. The van der Waals surface area contributed by atoms with Crippen LogP contribution < -0.4 is 31.7 Å². The molecule has 0 radical (unpaired) electrons. The maximum atomic E-state index is 6.10. The van der Waals surface area contributed by atoms with Gasteiger partial charge in [0.1, 0.15) is 11.6 Å². The number of nitrogens with one attached hydrogen (secondary N) is 4. The van der Waals surface area contributed by atoms with Crippen LogP contribution in [-0.2, 0) is 6.54 Å². The van der Waals surface area contributed by atoms with Gasteiger partial charge in [0.05, 0.1) is 7.11 Å². The minimum atomic E-state index is 0.548. The van der Waals surface area contributed by atoms with E-state index in [0.717, 1.165) is 59.4 Å². The number of benzene rings is 1. The average Bonchev–Trinajstić information content (AvgIpc) is 2.67. The van der Waals surface area contributed by atoms with E-state index < -0.39 is 0 Å². The first-order valence-corrected chi connectivity index (χ1v) is 8.98. The third kappa shape index (κ3) is 4.79. The lowest BCUT2D eigenvalue weighted by molar-refractivity contribution is 0.408. The molecular formula is C19H27N7O. The first-order valence-electron chi connectivity index (χ1n) is 8.98. The highest BCUT2D eigenvalue weighted by Crippen LogP contribution is 2.25. The Morgan fingerprint density at radius 1 is 1.26 bits per heavy atom. The SMILES string of the molecule is CNc1cc(C)nc(Nc2ccc(OC)c(CNC3=C(N)CCNC3)c2)n1. The van der Waals surface area contributed by atoms with E-state index >= 15 is 0 Å². The first kappa shape index (κ1) is 18.8. The third-order valence-corrected chi connectivity index (χ3v) is 4.40. The second-order valence-electron chi connectivity index (χ2n) is 6.40. The van der Waals surface area contributed by atoms with Gasteiger partial charge in [-0.1, -0.05) is 0 Å². The largest absolute Gasteiger partial charge is 0.496 e. The van der Waals surface area contributed by atoms with Crippen molar-refractivity contribution in [1.29, 1.82) is 0 Å². The molecule has 1 aromatic heterocycles. The second-order valence-corrected chi connectivity index (χ2v) is 6.40. The van der Waals surface area contributed by atoms with Crippen molar-refractivity contribution in [1.82, 2.24) is 20.6 Å². The Balaban J connectivity index is 1.78. The Kier molecular flexibility index (Phi) is 5.97. The van der Waals surface area contributed by atoms with E-state index in [1.807, 2.05) is 38.2 Å². The standard InChI is InChI=1S/C19H27N7O/c1-12-8-18(21-2)26-19(24-12)25-14-4-5-17(27-3)13(9-14)10-23-16-11-22-7-6-15(16)20/h4-5,8-9,22-23H,6-7,10-11,20H2,1-3H3,(H2,21,24,25,26). The van der Waals surface area contributed by atoms with Crippen molar-refractivity contribution in [3.63, 3.8) is 0 Å². The molecule has 144 valence electrons. The molecule has 0 atom stereocenters. The highest BCUT2D eigenvalue weighted by atomic mass is 16.5. The molecule has 0 amide bonds. The summed E-state index contributed by atoms with van der Waals surface area (Å²) in [7, 11) is 3.51. The number of hydrogen-bond acceptors (Lipinski definition) is 8. The highest BCUT2D eigenvalue weighted by Gasteiger charge is 2.11. The van der Waals surface area contributed by atoms with Crippen LogP contribution in [0.1, 0.15) is 17.7 Å². The van der Waals surface area contributed by atoms with Crippen LogP contribution in [0.25, 0.3) is 0 Å². The van der Waals surface area contributed by atoms with Gasteiger partial charge in [0, 0.05) is 67.5 Å². The monoisotopic (exact) mass is 369 g/mol. The number of hydrogen-bond donors (Lipinski definition) is 5. The predicted octanol–water partition coefficient (Wildman–Crippen LogP) is 1.83. The fourth-order valence-corrected chi connectivity index (χ4v) is 2.95. The fourth-order valence-electron chi connectivity index (χ4n) is 2.95. The number of nitrogens with two attached hydrogens (primary N) is 1. The summed E-state index contributed by atoms with van der Waals surface area (Å²) in [6.45, 7) is 4.24. The number of anilines is 3. The smallest absolute Gasteiger partial charge is 0.229 e. The molecule has 2 aromatic rings. The summed E-state index contributed by atoms with van der Waals surface area (Å²) in [6, 6.07) is 7.81. The summed E-state index contributed by atoms with van der Waals surface area (Å²) in [6.07, 6.45) is 0.861. The summed E-state index contributed by atoms with van der Waals surface area (Å²) < 4.78 is 5.50. The van der Waals surface area contributed by atoms with Crippen molar-refractivity contribution >= 4 is 17.5 Å². The second kappa shape index (κ2) is 8.59. The molecule has 8 heteroatoms. The zero-order chi connectivity index (χ0) is 19.2. The topological polar surface area (TPSA) is 109 Å². The van der Waals surface area contributed by atoms with Crippen molar-refractivity contribution in [3.8, 4) is 5.75 Å². The molecular weight excluding hydrogens is 342 g/mol. The molecule has 6 N–H and O–H groups in total. The molecule has 27 heavy (non-hydrogen) atoms. The number of ether oxygens (including phenoxy) is 1. The molecule has 1 aliphatic rings. The summed E-state index contributed by atoms with van der Waals surface area (Å²) >= 11 is 0. The summed E-state index contributed by atoms with van der Waals surface area (Å²) in [5.41, 5.74) is 10.9. The number of aromatic nitrogens is 2. The van der Waals surface area contributed by atoms with Gasteiger partial charge in [-0.3, -0.25) is 0 Å². The molecule has 0 spiro atoms. The number of aryl methyl sites for hydroxylation is 1. The molecule has 1 aromatic carbocycles. The lowest BCUT2D eigenvalue weighted by Crippen LogP contribution is -2.34. The maximum absolute atomic E-state index is 6.10. The Morgan fingerprint density at radius 2 is 2.11 bits per heavy atom. The van der Waals surface area contributed by atoms with Gasteiger partial charge in [0.25, 0.3) is 0 Å². The molecule has 0 saturated carbocycles. The molecule has 0 bridgehead atoms. The van der Waals surface area contributed by atoms with Crippen molar-refractivity contribution in [2.24, 2.45) is 5.73 Å². The van der Waals surface area contributed by atoms with Crippen LogP contribution in [0.5, 0.6) is 5.75 Å². The van der Waals surface area contributed by atoms with Crippen LogP contribution in [0.3, 0.4) is 0 Å². The van der Waals surface area contributed by atoms with E-state index in [1.165, 1.54) is 0 Å². The van der Waals surface area contributed by atoms with Gasteiger partial charge in [-0.25, -0.2) is 4.98 Å². The molecule has 3 rings (SSSR count). The maximum Gasteiger partial charge on any atom is 0.229 e. The van der Waals surface area contributed by atoms with E-state index in [1.54, 1.807) is 7.11 Å². The van der Waals surface area contributed by atoms with Gasteiger partial charge in [-0.05, 0) is 25.1 Å². The van der Waals surface area contributed by atoms with E-state index in [0.29, 0.717) is 12.5 Å². The minimum absolute atomic E-state index is 0.548. The lowest BCUT2D eigenvalue weighted by atomic mass is 10.1. The molecule has 2 heterocycles. The predicted molar refractivity (Wildman–Crippen MR) is 108 cm³/mol. The lowest BCUT2D eigenvalue weighted by Gasteiger charge is -2.21. The Hall–Kier alpha value is -3.00. The fraction of sp³-hybridized carbons (Fsp3) is 0.368. The van der Waals surface area contributed by atoms with Crippen molar-refractivity contribution in [2.45, 2.75) is 19.9 Å². The van der Waals surface area contributed by atoms with Crippen LogP contribution in [0.15, 0.2) is 35.7 Å². The van der Waals surface area contributed by atoms with Crippen LogP contribution >= 0.6 is 0 Å². The molecule has 0 unspecified atom stereocenters. The molecule has 1 aliphatic heterocycles. The van der Waals surface area contributed by atoms with E-state index in [9.17, 15) is 0 Å². The van der Waals surface area contributed by atoms with Crippen molar-refractivity contribution in [2.75, 3.05) is 37.9 Å². The van der Waals surface area contributed by atoms with Gasteiger partial charge < -0.3 is 31.7 Å². The van der Waals surface area contributed by atoms with Gasteiger partial charge in [0.2, 0.25) is 5.95 Å². The van der Waals surface area contributed by atoms with Gasteiger partial charge in [0.15, 0.2) is 0 Å². The van der Waals surface area contributed by atoms with E-state index in [4.69, 9.17) is 10.5 Å². The average molecular weight is 369 g/mol. The van der Waals surface area contributed by atoms with Crippen LogP contribution in [0, 0.1) is 6.92 Å². The van der Waals surface area contributed by atoms with Crippen LogP contribution in [-0.4, -0.2) is 37.2 Å². The molecule has 0 saturated heterocycles. The van der Waals surface area contributed by atoms with Crippen LogP contribution in [0.2, 0.25) is 0 Å². The minimum Gasteiger partial charge on any atom is -0.496 e. The van der Waals surface area contributed by atoms with Crippen molar-refractivity contribution in [3.05, 3.63) is 46.9 Å². The van der Waals surface area contributed by atoms with Gasteiger partial charge in [-0.2, -0.15) is 4.98 Å². The zero-order valence-electron chi connectivity index (χ0n) is 16.0. The molecule has 0 fully saturated rings. The highest BCUT2D eigenvalue weighted by molar-refractivity contribution is 5.58. The first-order chi connectivity index (χ1) is 13.1. The number of nitrogens with zero attached hydrogens (tertiary/aromatic N) is 2. The normalized spacial score (nSPS) is 14.0. The zero-order valence-corrected chi connectivity index (χ0v) is 16.0. The Labute approximate surface area is 159 Å². The summed E-state index contributed by atoms with van der Waals surface area (Å²) in [5.74, 6) is 2.14. The van der Waals surface area contributed by atoms with Crippen molar-refractivity contribution < 1.29 is 4.74 Å².